The number of rotatable bonds is 2. The molecule has 1 aliphatic rings. The van der Waals surface area contributed by atoms with Crippen molar-refractivity contribution in [3.05, 3.63) is 74.2 Å². The molecule has 6 nitrogen and oxygen atoms in total. The number of pyridine rings is 2. The molecule has 2 aromatic heterocycles. The number of aromatic amines is 1. The van der Waals surface area contributed by atoms with Gasteiger partial charge in [-0.15, -0.1) is 0 Å². The van der Waals surface area contributed by atoms with Crippen LogP contribution in [0.2, 0.25) is 5.02 Å². The van der Waals surface area contributed by atoms with Gasteiger partial charge in [0.15, 0.2) is 0 Å². The molecular weight excluding hydrogens is 385 g/mol. The van der Waals surface area contributed by atoms with Crippen LogP contribution in [0, 0.1) is 12.7 Å². The van der Waals surface area contributed by atoms with Gasteiger partial charge >= 0.3 is 0 Å². The molecule has 3 aromatic rings. The SMILES string of the molecule is Cc1ncc(C(=O)N(C)C2COCc3[nH]c(=O)c4cc(F)ccc4c32)cc1Cl. The number of benzene rings is 1. The number of aryl methyl sites for hydroxylation is 1. The van der Waals surface area contributed by atoms with Crippen LogP contribution in [-0.4, -0.2) is 34.4 Å². The lowest BCUT2D eigenvalue weighted by Crippen LogP contribution is -2.37. The molecule has 144 valence electrons. The summed E-state index contributed by atoms with van der Waals surface area (Å²) in [6.45, 7) is 2.22. The number of nitrogens with zero attached hydrogens (tertiary/aromatic N) is 2. The van der Waals surface area contributed by atoms with E-state index in [0.29, 0.717) is 27.4 Å². The number of hydrogen-bond donors (Lipinski definition) is 1. The number of nitrogens with one attached hydrogen (secondary N) is 1. The Morgan fingerprint density at radius 2 is 2.14 bits per heavy atom. The van der Waals surface area contributed by atoms with E-state index in [-0.39, 0.29) is 30.1 Å². The summed E-state index contributed by atoms with van der Waals surface area (Å²) in [5.41, 5.74) is 1.94. The monoisotopic (exact) mass is 401 g/mol. The van der Waals surface area contributed by atoms with Crippen LogP contribution in [0.25, 0.3) is 10.8 Å². The second kappa shape index (κ2) is 7.00. The Kier molecular flexibility index (Phi) is 4.64. The third-order valence-electron chi connectivity index (χ3n) is 5.02. The highest BCUT2D eigenvalue weighted by Gasteiger charge is 2.31. The van der Waals surface area contributed by atoms with Gasteiger partial charge in [0, 0.05) is 24.5 Å². The standard InChI is InChI=1S/C20H17ClFN3O3/c1-10-15(21)5-11(7-23-10)20(27)25(2)17-9-28-8-16-18(17)13-4-3-12(22)6-14(13)19(26)24-16/h3-7,17H,8-9H2,1-2H3,(H,24,26). The van der Waals surface area contributed by atoms with Crippen molar-refractivity contribution in [2.45, 2.75) is 19.6 Å². The quantitative estimate of drug-likeness (QED) is 0.714. The average molecular weight is 402 g/mol. The lowest BCUT2D eigenvalue weighted by atomic mass is 9.95. The van der Waals surface area contributed by atoms with Crippen LogP contribution >= 0.6 is 11.6 Å². The van der Waals surface area contributed by atoms with E-state index in [9.17, 15) is 14.0 Å². The number of carbonyl (C=O) groups excluding carboxylic acids is 1. The highest BCUT2D eigenvalue weighted by Crippen LogP contribution is 2.33. The first-order chi connectivity index (χ1) is 13.4. The zero-order valence-corrected chi connectivity index (χ0v) is 16.0. The minimum absolute atomic E-state index is 0.217. The van der Waals surface area contributed by atoms with Crippen LogP contribution in [0.3, 0.4) is 0 Å². The Labute approximate surface area is 164 Å². The number of carbonyl (C=O) groups is 1. The van der Waals surface area contributed by atoms with Crippen molar-refractivity contribution in [2.24, 2.45) is 0 Å². The molecule has 0 bridgehead atoms. The van der Waals surface area contributed by atoms with Crippen LogP contribution in [0.15, 0.2) is 35.3 Å². The highest BCUT2D eigenvalue weighted by atomic mass is 35.5. The molecular formula is C20H17ClFN3O3. The molecule has 0 fully saturated rings. The molecule has 1 atom stereocenters. The van der Waals surface area contributed by atoms with Crippen molar-refractivity contribution in [3.8, 4) is 0 Å². The second-order valence-corrected chi connectivity index (χ2v) is 7.18. The van der Waals surface area contributed by atoms with Crippen molar-refractivity contribution in [3.63, 3.8) is 0 Å². The topological polar surface area (TPSA) is 75.3 Å². The summed E-state index contributed by atoms with van der Waals surface area (Å²) in [6.07, 6.45) is 1.48. The molecule has 0 spiro atoms. The fourth-order valence-corrected chi connectivity index (χ4v) is 3.66. The van der Waals surface area contributed by atoms with Crippen LogP contribution in [-0.2, 0) is 11.3 Å². The maximum absolute atomic E-state index is 13.7. The highest BCUT2D eigenvalue weighted by molar-refractivity contribution is 6.31. The molecule has 1 aliphatic heterocycles. The van der Waals surface area contributed by atoms with Crippen molar-refractivity contribution in [1.82, 2.24) is 14.9 Å². The van der Waals surface area contributed by atoms with Gasteiger partial charge in [-0.1, -0.05) is 17.7 Å². The Morgan fingerprint density at radius 3 is 2.89 bits per heavy atom. The van der Waals surface area contributed by atoms with Crippen LogP contribution in [0.5, 0.6) is 0 Å². The largest absolute Gasteiger partial charge is 0.373 e. The lowest BCUT2D eigenvalue weighted by Gasteiger charge is -2.33. The minimum Gasteiger partial charge on any atom is -0.373 e. The molecule has 1 unspecified atom stereocenters. The van der Waals surface area contributed by atoms with Gasteiger partial charge < -0.3 is 14.6 Å². The van der Waals surface area contributed by atoms with Gasteiger partial charge in [-0.05, 0) is 30.5 Å². The number of ether oxygens (including phenoxy) is 1. The average Bonchev–Trinajstić information content (AvgIpc) is 2.68. The maximum atomic E-state index is 13.7. The van der Waals surface area contributed by atoms with E-state index in [1.54, 1.807) is 26.1 Å². The molecule has 28 heavy (non-hydrogen) atoms. The smallest absolute Gasteiger partial charge is 0.256 e. The molecule has 4 rings (SSSR count). The summed E-state index contributed by atoms with van der Waals surface area (Å²) in [5, 5.41) is 1.25. The first kappa shape index (κ1) is 18.6. The van der Waals surface area contributed by atoms with Crippen molar-refractivity contribution < 1.29 is 13.9 Å². The fourth-order valence-electron chi connectivity index (χ4n) is 3.50. The Balaban J connectivity index is 1.81. The third-order valence-corrected chi connectivity index (χ3v) is 5.40. The predicted octanol–water partition coefficient (Wildman–Crippen LogP) is 3.37. The first-order valence-electron chi connectivity index (χ1n) is 8.68. The number of amides is 1. The summed E-state index contributed by atoms with van der Waals surface area (Å²) in [7, 11) is 1.65. The molecule has 0 radical (unpaired) electrons. The minimum atomic E-state index is -0.494. The zero-order valence-electron chi connectivity index (χ0n) is 15.3. The zero-order chi connectivity index (χ0) is 20.0. The number of likely N-dealkylation sites (N-methyl/N-ethyl adjacent to an activating group) is 1. The number of hydrogen-bond acceptors (Lipinski definition) is 4. The van der Waals surface area contributed by atoms with Crippen molar-refractivity contribution in [2.75, 3.05) is 13.7 Å². The fraction of sp³-hybridized carbons (Fsp3) is 0.250. The number of fused-ring (bicyclic) bond motifs is 3. The van der Waals surface area contributed by atoms with Gasteiger partial charge in [0.05, 0.1) is 40.9 Å². The lowest BCUT2D eigenvalue weighted by molar-refractivity contribution is 0.0335. The Hall–Kier alpha value is -2.77. The summed E-state index contributed by atoms with van der Waals surface area (Å²) in [5.74, 6) is -0.774. The van der Waals surface area contributed by atoms with E-state index in [2.05, 4.69) is 9.97 Å². The molecule has 1 N–H and O–H groups in total. The summed E-state index contributed by atoms with van der Waals surface area (Å²) in [4.78, 5) is 33.8. The molecule has 0 aliphatic carbocycles. The van der Waals surface area contributed by atoms with Gasteiger partial charge in [0.25, 0.3) is 11.5 Å². The van der Waals surface area contributed by atoms with Crippen LogP contribution < -0.4 is 5.56 Å². The molecule has 3 heterocycles. The number of H-pyrrole nitrogens is 1. The van der Waals surface area contributed by atoms with Gasteiger partial charge in [0.1, 0.15) is 5.82 Å². The molecule has 8 heteroatoms. The molecule has 1 aromatic carbocycles. The molecule has 0 saturated carbocycles. The van der Waals surface area contributed by atoms with Gasteiger partial charge in [-0.3, -0.25) is 14.6 Å². The predicted molar refractivity (Wildman–Crippen MR) is 103 cm³/mol. The second-order valence-electron chi connectivity index (χ2n) is 6.77. The van der Waals surface area contributed by atoms with E-state index < -0.39 is 11.9 Å². The summed E-state index contributed by atoms with van der Waals surface area (Å²) >= 11 is 6.11. The number of halogens is 2. The van der Waals surface area contributed by atoms with Crippen LogP contribution in [0.4, 0.5) is 4.39 Å². The van der Waals surface area contributed by atoms with E-state index in [1.165, 1.54) is 23.2 Å². The van der Waals surface area contributed by atoms with Crippen molar-refractivity contribution in [1.29, 1.82) is 0 Å². The van der Waals surface area contributed by atoms with E-state index in [1.807, 2.05) is 0 Å². The van der Waals surface area contributed by atoms with E-state index in [4.69, 9.17) is 16.3 Å². The summed E-state index contributed by atoms with van der Waals surface area (Å²) < 4.78 is 19.3. The third kappa shape index (κ3) is 3.06. The Bertz CT molecular complexity index is 1160. The first-order valence-corrected chi connectivity index (χ1v) is 9.06. The van der Waals surface area contributed by atoms with E-state index in [0.717, 1.165) is 5.56 Å². The van der Waals surface area contributed by atoms with Crippen molar-refractivity contribution >= 4 is 28.3 Å². The van der Waals surface area contributed by atoms with E-state index >= 15 is 0 Å². The molecule has 1 amide bonds. The van der Waals surface area contributed by atoms with Crippen LogP contribution in [0.1, 0.15) is 33.4 Å². The van der Waals surface area contributed by atoms with Gasteiger partial charge in [-0.2, -0.15) is 0 Å². The number of aromatic nitrogens is 2. The Morgan fingerprint density at radius 1 is 1.36 bits per heavy atom. The van der Waals surface area contributed by atoms with Gasteiger partial charge in [0.2, 0.25) is 0 Å². The summed E-state index contributed by atoms with van der Waals surface area (Å²) in [6, 6.07) is 5.20. The van der Waals surface area contributed by atoms with Gasteiger partial charge in [-0.25, -0.2) is 4.39 Å². The maximum Gasteiger partial charge on any atom is 0.256 e. The normalized spacial score (nSPS) is 16.1. The molecule has 0 saturated heterocycles.